The van der Waals surface area contributed by atoms with Crippen molar-refractivity contribution < 1.29 is 27.5 Å². The van der Waals surface area contributed by atoms with Crippen LogP contribution in [0.25, 0.3) is 0 Å². The first-order valence-electron chi connectivity index (χ1n) is 9.08. The zero-order valence-electron chi connectivity index (χ0n) is 15.5. The summed E-state index contributed by atoms with van der Waals surface area (Å²) in [5.41, 5.74) is 1.93. The Morgan fingerprint density at radius 1 is 1.17 bits per heavy atom. The molecule has 2 heterocycles. The van der Waals surface area contributed by atoms with E-state index in [0.29, 0.717) is 22.5 Å². The van der Waals surface area contributed by atoms with Gasteiger partial charge >= 0.3 is 6.36 Å². The third-order valence-corrected chi connectivity index (χ3v) is 5.15. The Hall–Kier alpha value is -3.23. The zero-order valence-corrected chi connectivity index (χ0v) is 15.5. The molecule has 0 bridgehead atoms. The van der Waals surface area contributed by atoms with Crippen molar-refractivity contribution in [1.29, 1.82) is 0 Å². The van der Waals surface area contributed by atoms with Crippen LogP contribution in [-0.4, -0.2) is 42.8 Å². The fourth-order valence-electron chi connectivity index (χ4n) is 3.79. The highest BCUT2D eigenvalue weighted by atomic mass is 19.4. The summed E-state index contributed by atoms with van der Waals surface area (Å²) >= 11 is 0. The fraction of sp³-hybridized carbons (Fsp3) is 0.300. The summed E-state index contributed by atoms with van der Waals surface area (Å²) in [4.78, 5) is 29.1. The van der Waals surface area contributed by atoms with E-state index in [9.17, 15) is 22.8 Å². The second kappa shape index (κ2) is 6.98. The van der Waals surface area contributed by atoms with Gasteiger partial charge in [0.05, 0.1) is 11.3 Å². The quantitative estimate of drug-likeness (QED) is 0.843. The largest absolute Gasteiger partial charge is 0.573 e. The second-order valence-corrected chi connectivity index (χ2v) is 6.99. The van der Waals surface area contributed by atoms with Crippen molar-refractivity contribution in [3.8, 4) is 5.75 Å². The number of carbonyl (C=O) groups excluding carboxylic acids is 2. The lowest BCUT2D eigenvalue weighted by Crippen LogP contribution is -2.50. The van der Waals surface area contributed by atoms with Crippen molar-refractivity contribution in [2.45, 2.75) is 25.4 Å². The first-order chi connectivity index (χ1) is 13.7. The Morgan fingerprint density at radius 3 is 2.59 bits per heavy atom. The minimum atomic E-state index is -4.77. The highest BCUT2D eigenvalue weighted by Crippen LogP contribution is 2.35. The van der Waals surface area contributed by atoms with Crippen LogP contribution in [0.2, 0.25) is 0 Å². The normalized spacial score (nSPS) is 18.3. The van der Waals surface area contributed by atoms with Crippen molar-refractivity contribution in [2.75, 3.05) is 23.8 Å². The van der Waals surface area contributed by atoms with Crippen LogP contribution in [0.4, 0.5) is 24.5 Å². The number of amides is 2. The summed E-state index contributed by atoms with van der Waals surface area (Å²) in [5, 5.41) is 2.64. The molecular weight excluding hydrogens is 387 g/mol. The number of benzene rings is 2. The molecule has 2 aliphatic heterocycles. The smallest absolute Gasteiger partial charge is 0.406 e. The summed E-state index contributed by atoms with van der Waals surface area (Å²) < 4.78 is 40.5. The molecule has 0 radical (unpaired) electrons. The molecule has 4 rings (SSSR count). The Kier molecular flexibility index (Phi) is 4.60. The van der Waals surface area contributed by atoms with Gasteiger partial charge in [0.1, 0.15) is 11.9 Å². The predicted octanol–water partition coefficient (Wildman–Crippen LogP) is 3.85. The topological polar surface area (TPSA) is 61.9 Å². The summed E-state index contributed by atoms with van der Waals surface area (Å²) in [7, 11) is 1.90. The number of alkyl halides is 3. The summed E-state index contributed by atoms with van der Waals surface area (Å²) in [5.74, 6) is -0.828. The van der Waals surface area contributed by atoms with Crippen LogP contribution in [0.1, 0.15) is 33.6 Å². The number of fused-ring (bicyclic) bond motifs is 2. The van der Waals surface area contributed by atoms with E-state index in [4.69, 9.17) is 0 Å². The molecule has 0 aliphatic carbocycles. The molecule has 2 aromatic carbocycles. The van der Waals surface area contributed by atoms with Gasteiger partial charge in [0.25, 0.3) is 11.8 Å². The van der Waals surface area contributed by atoms with Gasteiger partial charge in [-0.25, -0.2) is 0 Å². The van der Waals surface area contributed by atoms with Crippen molar-refractivity contribution in [1.82, 2.24) is 4.90 Å². The van der Waals surface area contributed by atoms with Crippen LogP contribution in [0, 0.1) is 0 Å². The lowest BCUT2D eigenvalue weighted by Gasteiger charge is -2.40. The third-order valence-electron chi connectivity index (χ3n) is 5.15. The van der Waals surface area contributed by atoms with Crippen LogP contribution < -0.4 is 15.0 Å². The molecule has 0 aromatic heterocycles. The summed E-state index contributed by atoms with van der Waals surface area (Å²) in [6, 6.07) is 9.76. The van der Waals surface area contributed by atoms with E-state index in [2.05, 4.69) is 10.1 Å². The maximum Gasteiger partial charge on any atom is 0.573 e. The Labute approximate surface area is 164 Å². The molecule has 152 valence electrons. The van der Waals surface area contributed by atoms with Crippen molar-refractivity contribution in [3.63, 3.8) is 0 Å². The first-order valence-corrected chi connectivity index (χ1v) is 9.08. The number of hydrogen-bond acceptors (Lipinski definition) is 4. The van der Waals surface area contributed by atoms with E-state index in [0.717, 1.165) is 31.5 Å². The van der Waals surface area contributed by atoms with Gasteiger partial charge in [-0.05, 0) is 55.3 Å². The number of nitrogens with one attached hydrogen (secondary N) is 1. The molecular formula is C20H18F3N3O3. The Morgan fingerprint density at radius 2 is 1.90 bits per heavy atom. The fourth-order valence-corrected chi connectivity index (χ4v) is 3.79. The Balaban J connectivity index is 1.52. The van der Waals surface area contributed by atoms with Gasteiger partial charge < -0.3 is 19.9 Å². The number of rotatable bonds is 3. The number of halogens is 3. The molecule has 1 N–H and O–H groups in total. The predicted molar refractivity (Wildman–Crippen MR) is 100.0 cm³/mol. The maximum absolute atomic E-state index is 12.7. The number of nitrogens with zero attached hydrogens (tertiary/aromatic N) is 2. The lowest BCUT2D eigenvalue weighted by molar-refractivity contribution is -0.274. The van der Waals surface area contributed by atoms with E-state index >= 15 is 0 Å². The van der Waals surface area contributed by atoms with Crippen LogP contribution in [0.5, 0.6) is 5.75 Å². The average Bonchev–Trinajstić information content (AvgIpc) is 3.16. The van der Waals surface area contributed by atoms with E-state index < -0.39 is 12.3 Å². The number of carbonyl (C=O) groups is 2. The Bertz CT molecular complexity index is 960. The molecule has 1 fully saturated rings. The lowest BCUT2D eigenvalue weighted by atomic mass is 10.0. The molecule has 0 unspecified atom stereocenters. The highest BCUT2D eigenvalue weighted by molar-refractivity contribution is 6.08. The zero-order chi connectivity index (χ0) is 20.8. The van der Waals surface area contributed by atoms with E-state index in [1.165, 1.54) is 12.1 Å². The van der Waals surface area contributed by atoms with Gasteiger partial charge in [0, 0.05) is 24.8 Å². The second-order valence-electron chi connectivity index (χ2n) is 6.99. The molecule has 0 spiro atoms. The minimum absolute atomic E-state index is 0.00510. The molecule has 29 heavy (non-hydrogen) atoms. The van der Waals surface area contributed by atoms with Crippen molar-refractivity contribution >= 4 is 23.2 Å². The summed E-state index contributed by atoms with van der Waals surface area (Å²) in [6.45, 7) is 0.726. The molecule has 1 atom stereocenters. The van der Waals surface area contributed by atoms with Gasteiger partial charge in [-0.1, -0.05) is 0 Å². The van der Waals surface area contributed by atoms with Gasteiger partial charge in [-0.2, -0.15) is 0 Å². The third kappa shape index (κ3) is 3.72. The summed E-state index contributed by atoms with van der Waals surface area (Å²) in [6.07, 6.45) is -2.96. The molecule has 2 aliphatic rings. The molecule has 2 aromatic rings. The van der Waals surface area contributed by atoms with Crippen LogP contribution in [0.15, 0.2) is 42.5 Å². The van der Waals surface area contributed by atoms with Crippen LogP contribution >= 0.6 is 0 Å². The SMILES string of the molecule is CN1c2cc(C(=O)Nc3ccc(OC(F)(F)F)cc3)ccc2C(=O)N2CCC[C@@H]21. The van der Waals surface area contributed by atoms with Gasteiger partial charge in [-0.15, -0.1) is 13.2 Å². The first kappa shape index (κ1) is 19.1. The minimum Gasteiger partial charge on any atom is -0.406 e. The van der Waals surface area contributed by atoms with E-state index in [1.807, 2.05) is 16.8 Å². The van der Waals surface area contributed by atoms with Crippen LogP contribution in [-0.2, 0) is 0 Å². The van der Waals surface area contributed by atoms with E-state index in [1.54, 1.807) is 18.2 Å². The molecule has 1 saturated heterocycles. The van der Waals surface area contributed by atoms with Gasteiger partial charge in [-0.3, -0.25) is 9.59 Å². The number of ether oxygens (including phenoxy) is 1. The average molecular weight is 405 g/mol. The van der Waals surface area contributed by atoms with E-state index in [-0.39, 0.29) is 17.8 Å². The highest BCUT2D eigenvalue weighted by Gasteiger charge is 2.38. The molecule has 0 saturated carbocycles. The monoisotopic (exact) mass is 405 g/mol. The van der Waals surface area contributed by atoms with Crippen LogP contribution in [0.3, 0.4) is 0 Å². The standard InChI is InChI=1S/C20H18F3N3O3/c1-25-16-11-12(4-9-15(16)19(28)26-10-2-3-17(25)26)18(27)24-13-5-7-14(8-6-13)29-20(21,22)23/h4-9,11,17H,2-3,10H2,1H3,(H,24,27)/t17-/m1/s1. The van der Waals surface area contributed by atoms with Gasteiger partial charge in [0.2, 0.25) is 0 Å². The van der Waals surface area contributed by atoms with Gasteiger partial charge in [0.15, 0.2) is 0 Å². The van der Waals surface area contributed by atoms with Crippen molar-refractivity contribution in [2.24, 2.45) is 0 Å². The number of hydrogen-bond donors (Lipinski definition) is 1. The molecule has 9 heteroatoms. The van der Waals surface area contributed by atoms with Crippen molar-refractivity contribution in [3.05, 3.63) is 53.6 Å². The molecule has 2 amide bonds. The molecule has 6 nitrogen and oxygen atoms in total. The number of anilines is 2. The maximum atomic E-state index is 12.7.